The second-order valence-corrected chi connectivity index (χ2v) is 13.6. The van der Waals surface area contributed by atoms with Crippen molar-refractivity contribution in [1.29, 1.82) is 0 Å². The number of nitrogens with one attached hydrogen (secondary N) is 2. The fourth-order valence-electron chi connectivity index (χ4n) is 7.00. The van der Waals surface area contributed by atoms with E-state index in [0.29, 0.717) is 60.0 Å². The van der Waals surface area contributed by atoms with Crippen molar-refractivity contribution in [2.45, 2.75) is 71.0 Å². The van der Waals surface area contributed by atoms with Gasteiger partial charge in [-0.15, -0.1) is 0 Å². The highest BCUT2D eigenvalue weighted by Gasteiger charge is 2.67. The first-order valence-electron chi connectivity index (χ1n) is 16.0. The lowest BCUT2D eigenvalue weighted by atomic mass is 9.98. The summed E-state index contributed by atoms with van der Waals surface area (Å²) < 4.78 is 2.06. The van der Waals surface area contributed by atoms with E-state index in [9.17, 15) is 19.2 Å². The summed E-state index contributed by atoms with van der Waals surface area (Å²) >= 11 is 3.28. The van der Waals surface area contributed by atoms with Crippen molar-refractivity contribution in [1.82, 2.24) is 39.9 Å². The van der Waals surface area contributed by atoms with Crippen molar-refractivity contribution >= 4 is 56.2 Å². The van der Waals surface area contributed by atoms with Gasteiger partial charge in [-0.3, -0.25) is 28.8 Å². The molecule has 48 heavy (non-hydrogen) atoms. The number of amides is 3. The Kier molecular flexibility index (Phi) is 8.36. The molecule has 1 aliphatic carbocycles. The van der Waals surface area contributed by atoms with Gasteiger partial charge in [0.15, 0.2) is 11.6 Å². The van der Waals surface area contributed by atoms with Crippen LogP contribution in [0, 0.1) is 12.3 Å². The molecule has 0 unspecified atom stereocenters. The number of aryl methyl sites for hydroxylation is 1. The van der Waals surface area contributed by atoms with Gasteiger partial charge >= 0.3 is 0 Å². The zero-order chi connectivity index (χ0) is 33.6. The van der Waals surface area contributed by atoms with Crippen molar-refractivity contribution in [2.24, 2.45) is 5.41 Å². The third kappa shape index (κ3) is 6.12. The molecular weight excluding hydrogens is 678 g/mol. The van der Waals surface area contributed by atoms with Crippen LogP contribution in [0.2, 0.25) is 0 Å². The predicted octanol–water partition coefficient (Wildman–Crippen LogP) is 3.95. The molecule has 3 amide bonds. The van der Waals surface area contributed by atoms with Crippen molar-refractivity contribution in [3.8, 4) is 11.1 Å². The van der Waals surface area contributed by atoms with Gasteiger partial charge in [-0.25, -0.2) is 15.0 Å². The van der Waals surface area contributed by atoms with Crippen LogP contribution in [-0.2, 0) is 27.3 Å². The number of ketones is 1. The van der Waals surface area contributed by atoms with Crippen molar-refractivity contribution in [2.75, 3.05) is 11.9 Å². The van der Waals surface area contributed by atoms with Gasteiger partial charge in [0.1, 0.15) is 28.7 Å². The molecule has 5 heterocycles. The van der Waals surface area contributed by atoms with Gasteiger partial charge in [0.25, 0.3) is 0 Å². The van der Waals surface area contributed by atoms with Gasteiger partial charge in [0.2, 0.25) is 17.7 Å². The van der Waals surface area contributed by atoms with E-state index in [2.05, 4.69) is 52.6 Å². The van der Waals surface area contributed by atoms with Crippen LogP contribution in [0.4, 0.5) is 5.82 Å². The number of hydrogen-bond donors (Lipinski definition) is 2. The van der Waals surface area contributed by atoms with E-state index < -0.39 is 11.5 Å². The number of anilines is 1. The lowest BCUT2D eigenvalue weighted by Gasteiger charge is -2.27. The Hall–Kier alpha value is -4.85. The smallest absolute Gasteiger partial charge is 0.248 e. The number of halogens is 1. The second-order valence-electron chi connectivity index (χ2n) is 12.8. The van der Waals surface area contributed by atoms with Crippen LogP contribution in [0.3, 0.4) is 0 Å². The molecule has 3 aromatic heterocycles. The minimum atomic E-state index is -0.794. The molecule has 13 nitrogen and oxygen atoms in total. The van der Waals surface area contributed by atoms with Crippen LogP contribution in [0.15, 0.2) is 53.7 Å². The molecule has 1 saturated heterocycles. The van der Waals surface area contributed by atoms with Gasteiger partial charge in [-0.1, -0.05) is 12.2 Å². The number of benzene rings is 1. The van der Waals surface area contributed by atoms with Gasteiger partial charge < -0.3 is 15.5 Å². The van der Waals surface area contributed by atoms with Crippen molar-refractivity contribution in [3.05, 3.63) is 70.8 Å². The van der Waals surface area contributed by atoms with E-state index in [-0.39, 0.29) is 47.6 Å². The summed E-state index contributed by atoms with van der Waals surface area (Å²) in [6, 6.07) is 2.90. The molecule has 4 aromatic rings. The summed E-state index contributed by atoms with van der Waals surface area (Å²) in [4.78, 5) is 72.5. The number of rotatable bonds is 4. The number of piperidine rings is 1. The highest BCUT2D eigenvalue weighted by molar-refractivity contribution is 9.10. The first-order chi connectivity index (χ1) is 23.1. The molecule has 0 radical (unpaired) electrons. The summed E-state index contributed by atoms with van der Waals surface area (Å²) in [6.45, 7) is 3.49. The maximum Gasteiger partial charge on any atom is 0.248 e. The molecule has 1 saturated carbocycles. The van der Waals surface area contributed by atoms with Gasteiger partial charge in [0.05, 0.1) is 17.9 Å². The van der Waals surface area contributed by atoms with Crippen LogP contribution >= 0.6 is 15.9 Å². The molecule has 0 spiro atoms. The molecule has 2 N–H and O–H groups in total. The number of allylic oxidation sites excluding steroid dienone is 2. The monoisotopic (exact) mass is 711 g/mol. The summed E-state index contributed by atoms with van der Waals surface area (Å²) in [5.41, 5.74) is 3.04. The first kappa shape index (κ1) is 31.7. The summed E-state index contributed by atoms with van der Waals surface area (Å²) in [7, 11) is 0. The second kappa shape index (κ2) is 12.6. The number of aromatic nitrogens is 6. The van der Waals surface area contributed by atoms with E-state index in [4.69, 9.17) is 5.10 Å². The Morgan fingerprint density at radius 2 is 1.88 bits per heavy atom. The number of carbonyl (C=O) groups is 4. The normalized spacial score (nSPS) is 23.3. The molecule has 3 atom stereocenters. The third-order valence-corrected chi connectivity index (χ3v) is 9.82. The zero-order valence-electron chi connectivity index (χ0n) is 26.6. The van der Waals surface area contributed by atoms with Crippen LogP contribution in [0.25, 0.3) is 22.0 Å². The summed E-state index contributed by atoms with van der Waals surface area (Å²) in [5.74, 6) is -0.0429. The number of carbonyl (C=O) groups excluding carboxylic acids is 4. The Morgan fingerprint density at radius 1 is 1.06 bits per heavy atom. The lowest BCUT2D eigenvalue weighted by molar-refractivity contribution is -0.138. The standard InChI is InChI=1S/C34H34BrN9O4/c1-19(45)31-24-10-22(23-13-37-20(2)38-14-23)9-21-7-5-3-4-6-8-29(46)39-18-34-11-25(33(48)41-28-16-36-15-27(35)40-28)44(26(34)12-34)30(47)17-43(42-31)32(21)24/h3,5,9-10,13-16,25-26H,4,6-8,11-12,17-18H2,1-2H3,(H,39,46)(H,40,41,48)/b5-3+/t25-,26+,34-/m0/s1. The molecule has 2 aliphatic heterocycles. The topological polar surface area (TPSA) is 165 Å². The maximum absolute atomic E-state index is 14.3. The molecule has 2 fully saturated rings. The maximum atomic E-state index is 14.3. The van der Waals surface area contributed by atoms with E-state index >= 15 is 0 Å². The highest BCUT2D eigenvalue weighted by atomic mass is 79.9. The molecule has 1 aromatic carbocycles. The average Bonchev–Trinajstić information content (AvgIpc) is 3.46. The molecule has 246 valence electrons. The minimum absolute atomic E-state index is 0.0467. The molecule has 2 bridgehead atoms. The fraction of sp³-hybridized carbons (Fsp3) is 0.382. The van der Waals surface area contributed by atoms with E-state index in [1.165, 1.54) is 19.3 Å². The number of hydrogen-bond acceptors (Lipinski definition) is 9. The van der Waals surface area contributed by atoms with E-state index in [1.807, 2.05) is 25.1 Å². The summed E-state index contributed by atoms with van der Waals surface area (Å²) in [6.07, 6.45) is 13.9. The largest absolute Gasteiger partial charge is 0.355 e. The van der Waals surface area contributed by atoms with E-state index in [0.717, 1.165) is 23.1 Å². The lowest BCUT2D eigenvalue weighted by Crippen LogP contribution is -2.46. The van der Waals surface area contributed by atoms with Crippen LogP contribution in [0.1, 0.15) is 60.9 Å². The summed E-state index contributed by atoms with van der Waals surface area (Å²) in [5, 5.41) is 11.2. The van der Waals surface area contributed by atoms with Gasteiger partial charge in [0, 0.05) is 54.7 Å². The zero-order valence-corrected chi connectivity index (χ0v) is 28.2. The predicted molar refractivity (Wildman–Crippen MR) is 180 cm³/mol. The molecule has 7 rings (SSSR count). The van der Waals surface area contributed by atoms with Crippen LogP contribution in [0.5, 0.6) is 0 Å². The number of Topliss-reactive ketones (excluding diaryl/α,β-unsaturated/α-hetero) is 1. The molecule has 3 aliphatic rings. The first-order valence-corrected chi connectivity index (χ1v) is 16.8. The average molecular weight is 713 g/mol. The number of nitrogens with zero attached hydrogens (tertiary/aromatic N) is 7. The van der Waals surface area contributed by atoms with E-state index in [1.54, 1.807) is 22.0 Å². The molecular formula is C34H34BrN9O4. The highest BCUT2D eigenvalue weighted by Crippen LogP contribution is 2.59. The Labute approximate surface area is 284 Å². The Bertz CT molecular complexity index is 1990. The Balaban J connectivity index is 1.30. The third-order valence-electron chi connectivity index (χ3n) is 9.44. The van der Waals surface area contributed by atoms with Crippen molar-refractivity contribution < 1.29 is 19.2 Å². The van der Waals surface area contributed by atoms with Crippen molar-refractivity contribution in [3.63, 3.8) is 0 Å². The van der Waals surface area contributed by atoms with Gasteiger partial charge in [-0.2, -0.15) is 5.10 Å². The quantitative estimate of drug-likeness (QED) is 0.236. The fourth-order valence-corrected chi connectivity index (χ4v) is 7.31. The minimum Gasteiger partial charge on any atom is -0.355 e. The van der Waals surface area contributed by atoms with Crippen LogP contribution < -0.4 is 10.6 Å². The molecule has 14 heteroatoms. The van der Waals surface area contributed by atoms with Crippen LogP contribution in [-0.4, -0.2) is 76.7 Å². The Morgan fingerprint density at radius 3 is 2.65 bits per heavy atom. The SMILES string of the molecule is CC(=O)c1nn2c3c(cc(-c4cnc(C)nc4)cc13)C/C=C/CCCC(=O)NC[C@@]13C[C@@H](C(=O)Nc4cncc(Br)n4)N(C(=O)C2)[C@@H]1C3. The van der Waals surface area contributed by atoms with Gasteiger partial charge in [-0.05, 0) is 78.2 Å².